The first-order valence-corrected chi connectivity index (χ1v) is 9.25. The number of carbonyl (C=O) groups excluding carboxylic acids is 2. The van der Waals surface area contributed by atoms with Gasteiger partial charge in [0.15, 0.2) is 6.61 Å². The molecule has 8 heteroatoms. The van der Waals surface area contributed by atoms with E-state index in [1.807, 2.05) is 30.3 Å². The van der Waals surface area contributed by atoms with Crippen molar-refractivity contribution in [3.63, 3.8) is 0 Å². The number of carbonyl (C=O) groups is 2. The summed E-state index contributed by atoms with van der Waals surface area (Å²) in [7, 11) is 0. The summed E-state index contributed by atoms with van der Waals surface area (Å²) in [4.78, 5) is 24.0. The first-order valence-electron chi connectivity index (χ1n) is 8.49. The van der Waals surface area contributed by atoms with Gasteiger partial charge < -0.3 is 10.1 Å². The predicted molar refractivity (Wildman–Crippen MR) is 112 cm³/mol. The van der Waals surface area contributed by atoms with E-state index in [0.29, 0.717) is 21.4 Å². The number of halogens is 2. The Morgan fingerprint density at radius 1 is 0.828 bits per heavy atom. The van der Waals surface area contributed by atoms with Crippen molar-refractivity contribution >= 4 is 52.1 Å². The molecule has 3 aromatic rings. The first-order chi connectivity index (χ1) is 14.0. The van der Waals surface area contributed by atoms with Crippen molar-refractivity contribution in [3.05, 3.63) is 88.4 Å². The Morgan fingerprint density at radius 3 is 2.03 bits per heavy atom. The topological polar surface area (TPSA) is 80.1 Å². The van der Waals surface area contributed by atoms with Crippen molar-refractivity contribution in [1.82, 2.24) is 0 Å². The number of benzene rings is 3. The van der Waals surface area contributed by atoms with E-state index in [4.69, 9.17) is 27.9 Å². The van der Waals surface area contributed by atoms with Gasteiger partial charge in [-0.3, -0.25) is 4.79 Å². The number of anilines is 1. The van der Waals surface area contributed by atoms with E-state index in [2.05, 4.69) is 15.5 Å². The number of nitrogens with one attached hydrogen (secondary N) is 1. The summed E-state index contributed by atoms with van der Waals surface area (Å²) in [5.74, 6) is -1.17. The maximum absolute atomic E-state index is 12.0. The van der Waals surface area contributed by atoms with Gasteiger partial charge in [-0.1, -0.05) is 41.4 Å². The molecule has 0 aliphatic rings. The maximum atomic E-state index is 12.0. The van der Waals surface area contributed by atoms with Crippen molar-refractivity contribution in [2.75, 3.05) is 11.9 Å². The molecule has 0 fully saturated rings. The smallest absolute Gasteiger partial charge is 0.338 e. The summed E-state index contributed by atoms with van der Waals surface area (Å²) in [6.07, 6.45) is 0. The normalized spacial score (nSPS) is 10.7. The van der Waals surface area contributed by atoms with Gasteiger partial charge in [0, 0.05) is 15.7 Å². The fraction of sp³-hybridized carbons (Fsp3) is 0.0476. The zero-order valence-electron chi connectivity index (χ0n) is 15.0. The van der Waals surface area contributed by atoms with Gasteiger partial charge in [0.05, 0.1) is 16.9 Å². The van der Waals surface area contributed by atoms with E-state index in [1.165, 1.54) is 18.2 Å². The largest absolute Gasteiger partial charge is 0.452 e. The van der Waals surface area contributed by atoms with E-state index >= 15 is 0 Å². The lowest BCUT2D eigenvalue weighted by atomic mass is 10.2. The second kappa shape index (κ2) is 9.82. The molecule has 0 saturated heterocycles. The van der Waals surface area contributed by atoms with Crippen LogP contribution in [-0.4, -0.2) is 18.5 Å². The lowest BCUT2D eigenvalue weighted by molar-refractivity contribution is -0.119. The van der Waals surface area contributed by atoms with Gasteiger partial charge in [-0.15, -0.1) is 0 Å². The highest BCUT2D eigenvalue weighted by atomic mass is 35.5. The Hall–Kier alpha value is -3.22. The Kier molecular flexibility index (Phi) is 6.94. The van der Waals surface area contributed by atoms with E-state index in [-0.39, 0.29) is 5.56 Å². The number of ether oxygens (including phenoxy) is 1. The zero-order chi connectivity index (χ0) is 20.6. The number of hydrogen-bond donors (Lipinski definition) is 1. The van der Waals surface area contributed by atoms with Crippen LogP contribution in [0.15, 0.2) is 83.0 Å². The number of nitrogens with zero attached hydrogens (tertiary/aromatic N) is 2. The van der Waals surface area contributed by atoms with Crippen molar-refractivity contribution in [2.45, 2.75) is 0 Å². The molecule has 0 saturated carbocycles. The molecule has 1 N–H and O–H groups in total. The summed E-state index contributed by atoms with van der Waals surface area (Å²) < 4.78 is 4.98. The molecule has 0 bridgehead atoms. The van der Waals surface area contributed by atoms with Crippen LogP contribution in [0.4, 0.5) is 17.1 Å². The number of hydrogen-bond acceptors (Lipinski definition) is 5. The van der Waals surface area contributed by atoms with E-state index in [9.17, 15) is 9.59 Å². The highest BCUT2D eigenvalue weighted by Gasteiger charge is 2.12. The summed E-state index contributed by atoms with van der Waals surface area (Å²) in [5.41, 5.74) is 2.09. The third kappa shape index (κ3) is 6.41. The number of amides is 1. The van der Waals surface area contributed by atoms with Crippen molar-refractivity contribution in [1.29, 1.82) is 0 Å². The van der Waals surface area contributed by atoms with Crippen LogP contribution < -0.4 is 5.32 Å². The van der Waals surface area contributed by atoms with Gasteiger partial charge >= 0.3 is 5.97 Å². The molecular weight excluding hydrogens is 413 g/mol. The minimum absolute atomic E-state index is 0.170. The lowest BCUT2D eigenvalue weighted by Crippen LogP contribution is -2.20. The van der Waals surface area contributed by atoms with Gasteiger partial charge in [-0.25, -0.2) is 4.79 Å². The second-order valence-electron chi connectivity index (χ2n) is 5.86. The third-order valence-corrected chi connectivity index (χ3v) is 4.06. The number of rotatable bonds is 6. The van der Waals surface area contributed by atoms with Crippen LogP contribution in [0.3, 0.4) is 0 Å². The van der Waals surface area contributed by atoms with Gasteiger partial charge in [-0.05, 0) is 54.6 Å². The first kappa shape index (κ1) is 20.5. The number of azo groups is 1. The highest BCUT2D eigenvalue weighted by Crippen LogP contribution is 2.21. The fourth-order valence-corrected chi connectivity index (χ4v) is 2.83. The minimum atomic E-state index is -0.693. The highest BCUT2D eigenvalue weighted by molar-refractivity contribution is 6.35. The predicted octanol–water partition coefficient (Wildman–Crippen LogP) is 6.20. The SMILES string of the molecule is O=C(COC(=O)c1cc(Cl)cc(Cl)c1)Nc1ccc(N=Nc2ccccc2)cc1. The monoisotopic (exact) mass is 427 g/mol. The summed E-state index contributed by atoms with van der Waals surface area (Å²) in [6, 6.07) is 20.4. The summed E-state index contributed by atoms with van der Waals surface area (Å²) >= 11 is 11.7. The number of esters is 1. The van der Waals surface area contributed by atoms with Gasteiger partial charge in [0.2, 0.25) is 0 Å². The maximum Gasteiger partial charge on any atom is 0.338 e. The Balaban J connectivity index is 1.51. The van der Waals surface area contributed by atoms with Crippen LogP contribution in [0, 0.1) is 0 Å². The zero-order valence-corrected chi connectivity index (χ0v) is 16.5. The standard InChI is InChI=1S/C21H15Cl2N3O3/c22-15-10-14(11-16(23)12-15)21(28)29-13-20(27)24-17-6-8-19(9-7-17)26-25-18-4-2-1-3-5-18/h1-12H,13H2,(H,24,27). The average Bonchev–Trinajstić information content (AvgIpc) is 2.71. The Labute approximate surface area is 177 Å². The van der Waals surface area contributed by atoms with Crippen LogP contribution in [0.1, 0.15) is 10.4 Å². The van der Waals surface area contributed by atoms with Gasteiger partial charge in [0.25, 0.3) is 5.91 Å². The van der Waals surface area contributed by atoms with Crippen LogP contribution >= 0.6 is 23.2 Å². The van der Waals surface area contributed by atoms with Crippen LogP contribution in [0.5, 0.6) is 0 Å². The molecule has 146 valence electrons. The minimum Gasteiger partial charge on any atom is -0.452 e. The third-order valence-electron chi connectivity index (χ3n) is 3.62. The molecular formula is C21H15Cl2N3O3. The molecule has 0 aliphatic carbocycles. The Morgan fingerprint density at radius 2 is 1.41 bits per heavy atom. The molecule has 0 spiro atoms. The molecule has 0 aliphatic heterocycles. The van der Waals surface area contributed by atoms with E-state index in [0.717, 1.165) is 5.69 Å². The van der Waals surface area contributed by atoms with E-state index in [1.54, 1.807) is 24.3 Å². The Bertz CT molecular complexity index is 1020. The van der Waals surface area contributed by atoms with Crippen LogP contribution in [0.2, 0.25) is 10.0 Å². The van der Waals surface area contributed by atoms with E-state index < -0.39 is 18.5 Å². The van der Waals surface area contributed by atoms with Gasteiger partial charge in [0.1, 0.15) is 0 Å². The fourth-order valence-electron chi connectivity index (χ4n) is 2.30. The molecule has 0 heterocycles. The lowest BCUT2D eigenvalue weighted by Gasteiger charge is -2.07. The molecule has 3 aromatic carbocycles. The molecule has 0 unspecified atom stereocenters. The second-order valence-corrected chi connectivity index (χ2v) is 6.74. The molecule has 0 radical (unpaired) electrons. The molecule has 1 amide bonds. The van der Waals surface area contributed by atoms with Crippen molar-refractivity contribution in [2.24, 2.45) is 10.2 Å². The van der Waals surface area contributed by atoms with Crippen molar-refractivity contribution in [3.8, 4) is 0 Å². The summed E-state index contributed by atoms with van der Waals surface area (Å²) in [6.45, 7) is -0.446. The van der Waals surface area contributed by atoms with Crippen molar-refractivity contribution < 1.29 is 14.3 Å². The van der Waals surface area contributed by atoms with Gasteiger partial charge in [-0.2, -0.15) is 10.2 Å². The summed E-state index contributed by atoms with van der Waals surface area (Å²) in [5, 5.41) is 11.5. The van der Waals surface area contributed by atoms with Crippen LogP contribution in [0.25, 0.3) is 0 Å². The molecule has 29 heavy (non-hydrogen) atoms. The molecule has 0 aromatic heterocycles. The molecule has 3 rings (SSSR count). The molecule has 6 nitrogen and oxygen atoms in total. The van der Waals surface area contributed by atoms with Crippen LogP contribution in [-0.2, 0) is 9.53 Å². The quantitative estimate of drug-likeness (QED) is 0.375. The average molecular weight is 428 g/mol. The molecule has 0 atom stereocenters.